The molecule has 168 valence electrons. The molecule has 1 aromatic heterocycles. The van der Waals surface area contributed by atoms with Gasteiger partial charge in [0.1, 0.15) is 16.3 Å². The molecule has 0 atom stereocenters. The summed E-state index contributed by atoms with van der Waals surface area (Å²) in [5, 5.41) is 9.37. The number of nitrogens with zero attached hydrogens (tertiary/aromatic N) is 3. The highest BCUT2D eigenvalue weighted by molar-refractivity contribution is 8.01. The fraction of sp³-hybridized carbons (Fsp3) is 0.522. The minimum Gasteiger partial charge on any atom is -0.480 e. The highest BCUT2D eigenvalue weighted by Gasteiger charge is 2.28. The highest BCUT2D eigenvalue weighted by atomic mass is 32.2. The summed E-state index contributed by atoms with van der Waals surface area (Å²) < 4.78 is 1.16. The fourth-order valence-corrected chi connectivity index (χ4v) is 5.31. The van der Waals surface area contributed by atoms with E-state index < -0.39 is 10.7 Å². The second-order valence-corrected chi connectivity index (χ2v) is 11.1. The van der Waals surface area contributed by atoms with Crippen LogP contribution in [0.4, 0.5) is 0 Å². The lowest BCUT2D eigenvalue weighted by molar-refractivity contribution is -0.138. The maximum absolute atomic E-state index is 13.2. The van der Waals surface area contributed by atoms with Gasteiger partial charge in [-0.3, -0.25) is 9.59 Å². The molecule has 31 heavy (non-hydrogen) atoms. The molecule has 0 spiro atoms. The number of aromatic nitrogens is 2. The summed E-state index contributed by atoms with van der Waals surface area (Å²) >= 11 is 3.20. The molecule has 6 nitrogen and oxygen atoms in total. The molecule has 2 aromatic rings. The maximum atomic E-state index is 13.2. The zero-order chi connectivity index (χ0) is 22.4. The molecule has 2 heterocycles. The molecule has 0 saturated carbocycles. The summed E-state index contributed by atoms with van der Waals surface area (Å²) in [7, 11) is 0. The number of imidazole rings is 1. The van der Waals surface area contributed by atoms with E-state index >= 15 is 0 Å². The second-order valence-electron chi connectivity index (χ2n) is 8.17. The Bertz CT molecular complexity index is 903. The molecule has 3 rings (SSSR count). The van der Waals surface area contributed by atoms with Gasteiger partial charge in [0.2, 0.25) is 0 Å². The number of aliphatic carboxylic acids is 1. The van der Waals surface area contributed by atoms with Crippen LogP contribution in [0.15, 0.2) is 35.4 Å². The lowest BCUT2D eigenvalue weighted by Gasteiger charge is -2.26. The maximum Gasteiger partial charge on any atom is 0.319 e. The summed E-state index contributed by atoms with van der Waals surface area (Å²) in [5.41, 5.74) is 1.59. The van der Waals surface area contributed by atoms with Crippen molar-refractivity contribution in [3.05, 3.63) is 36.2 Å². The number of hydrogen-bond donors (Lipinski definition) is 1. The van der Waals surface area contributed by atoms with Gasteiger partial charge in [-0.2, -0.15) is 11.8 Å². The van der Waals surface area contributed by atoms with Crippen molar-refractivity contribution in [2.24, 2.45) is 0 Å². The van der Waals surface area contributed by atoms with Crippen molar-refractivity contribution >= 4 is 35.4 Å². The van der Waals surface area contributed by atoms with E-state index in [2.05, 4.69) is 16.5 Å². The first-order valence-corrected chi connectivity index (χ1v) is 12.8. The number of carboxylic acids is 1. The normalized spacial score (nSPS) is 14.6. The van der Waals surface area contributed by atoms with Crippen LogP contribution in [0.5, 0.6) is 0 Å². The van der Waals surface area contributed by atoms with Crippen LogP contribution in [0.2, 0.25) is 0 Å². The Morgan fingerprint density at radius 2 is 1.84 bits per heavy atom. The van der Waals surface area contributed by atoms with Crippen molar-refractivity contribution in [1.29, 1.82) is 0 Å². The van der Waals surface area contributed by atoms with Gasteiger partial charge in [-0.15, -0.1) is 11.8 Å². The van der Waals surface area contributed by atoms with Crippen LogP contribution >= 0.6 is 23.5 Å². The van der Waals surface area contributed by atoms with Gasteiger partial charge in [-0.1, -0.05) is 31.9 Å². The van der Waals surface area contributed by atoms with Crippen LogP contribution in [0.25, 0.3) is 11.4 Å². The number of unbranched alkanes of at least 4 members (excludes halogenated alkanes) is 2. The van der Waals surface area contributed by atoms with Crippen LogP contribution in [-0.2, 0) is 11.3 Å². The van der Waals surface area contributed by atoms with Crippen molar-refractivity contribution in [1.82, 2.24) is 14.5 Å². The van der Waals surface area contributed by atoms with Gasteiger partial charge in [0.05, 0.1) is 6.20 Å². The van der Waals surface area contributed by atoms with E-state index in [1.165, 1.54) is 11.8 Å². The number of carbonyl (C=O) groups excluding carboxylic acids is 1. The van der Waals surface area contributed by atoms with Gasteiger partial charge in [0.25, 0.3) is 5.91 Å². The Morgan fingerprint density at radius 3 is 2.45 bits per heavy atom. The predicted molar refractivity (Wildman–Crippen MR) is 128 cm³/mol. The third-order valence-electron chi connectivity index (χ3n) is 5.36. The largest absolute Gasteiger partial charge is 0.480 e. The SMILES string of the molecule is CCCCCn1c(C(=O)N2CCSCC2)cnc1-c1ccc(SC(C)(C)C(=O)O)cc1. The van der Waals surface area contributed by atoms with Crippen LogP contribution in [0.3, 0.4) is 0 Å². The molecule has 0 aliphatic carbocycles. The minimum absolute atomic E-state index is 0.0610. The van der Waals surface area contributed by atoms with Crippen molar-refractivity contribution in [2.45, 2.75) is 56.2 Å². The third-order valence-corrected chi connectivity index (χ3v) is 7.49. The number of rotatable bonds is 9. The molecule has 1 fully saturated rings. The molecule has 1 saturated heterocycles. The van der Waals surface area contributed by atoms with E-state index in [1.54, 1.807) is 20.0 Å². The molecule has 1 aliphatic heterocycles. The Kier molecular flexibility index (Phi) is 8.11. The Labute approximate surface area is 192 Å². The standard InChI is InChI=1S/C23H31N3O3S2/c1-4-5-6-11-26-19(21(27)25-12-14-30-15-13-25)16-24-20(26)17-7-9-18(10-8-17)31-23(2,3)22(28)29/h7-10,16H,4-6,11-15H2,1-3H3,(H,28,29). The summed E-state index contributed by atoms with van der Waals surface area (Å²) in [4.78, 5) is 32.0. The topological polar surface area (TPSA) is 75.4 Å². The van der Waals surface area contributed by atoms with Crippen LogP contribution in [-0.4, -0.2) is 60.8 Å². The first kappa shape index (κ1) is 23.7. The van der Waals surface area contributed by atoms with Gasteiger partial charge in [0, 0.05) is 41.6 Å². The van der Waals surface area contributed by atoms with Gasteiger partial charge in [-0.05, 0) is 32.4 Å². The van der Waals surface area contributed by atoms with E-state index in [4.69, 9.17) is 0 Å². The number of hydrogen-bond acceptors (Lipinski definition) is 5. The summed E-state index contributed by atoms with van der Waals surface area (Å²) in [5.74, 6) is 1.97. The molecule has 0 unspecified atom stereocenters. The predicted octanol–water partition coefficient (Wildman–Crippen LogP) is 4.88. The molecule has 0 bridgehead atoms. The number of thioether (sulfide) groups is 2. The molecule has 1 amide bonds. The molecular weight excluding hydrogens is 430 g/mol. The third kappa shape index (κ3) is 5.86. The number of carboxylic acid groups (broad SMARTS) is 1. The van der Waals surface area contributed by atoms with E-state index in [9.17, 15) is 14.7 Å². The Balaban J connectivity index is 1.86. The quantitative estimate of drug-likeness (QED) is 0.423. The zero-order valence-electron chi connectivity index (χ0n) is 18.5. The lowest BCUT2D eigenvalue weighted by atomic mass is 10.2. The van der Waals surface area contributed by atoms with Crippen LogP contribution in [0, 0.1) is 0 Å². The van der Waals surface area contributed by atoms with Gasteiger partial charge in [-0.25, -0.2) is 4.98 Å². The molecule has 8 heteroatoms. The van der Waals surface area contributed by atoms with Crippen LogP contribution in [0.1, 0.15) is 50.5 Å². The number of carbonyl (C=O) groups is 2. The molecular formula is C23H31N3O3S2. The summed E-state index contributed by atoms with van der Waals surface area (Å²) in [6.07, 6.45) is 4.92. The van der Waals surface area contributed by atoms with Crippen molar-refractivity contribution < 1.29 is 14.7 Å². The first-order valence-electron chi connectivity index (χ1n) is 10.8. The zero-order valence-corrected chi connectivity index (χ0v) is 20.1. The van der Waals surface area contributed by atoms with Crippen LogP contribution < -0.4 is 0 Å². The van der Waals surface area contributed by atoms with Gasteiger partial charge >= 0.3 is 5.97 Å². The van der Waals surface area contributed by atoms with Crippen molar-refractivity contribution in [3.63, 3.8) is 0 Å². The second kappa shape index (κ2) is 10.6. The number of benzene rings is 1. The van der Waals surface area contributed by atoms with E-state index in [1.807, 2.05) is 40.9 Å². The fourth-order valence-electron chi connectivity index (χ4n) is 3.46. The van der Waals surface area contributed by atoms with Gasteiger partial charge in [0.15, 0.2) is 0 Å². The minimum atomic E-state index is -0.896. The van der Waals surface area contributed by atoms with Crippen molar-refractivity contribution in [3.8, 4) is 11.4 Å². The monoisotopic (exact) mass is 461 g/mol. The molecule has 1 aliphatic rings. The lowest BCUT2D eigenvalue weighted by Crippen LogP contribution is -2.38. The smallest absolute Gasteiger partial charge is 0.319 e. The molecule has 0 radical (unpaired) electrons. The number of amides is 1. The average molecular weight is 462 g/mol. The Hall–Kier alpha value is -1.93. The summed E-state index contributed by atoms with van der Waals surface area (Å²) in [6.45, 7) is 7.89. The average Bonchev–Trinajstić information content (AvgIpc) is 3.18. The Morgan fingerprint density at radius 1 is 1.16 bits per heavy atom. The van der Waals surface area contributed by atoms with E-state index in [-0.39, 0.29) is 5.91 Å². The molecule has 1 N–H and O–H groups in total. The van der Waals surface area contributed by atoms with E-state index in [0.717, 1.165) is 66.7 Å². The van der Waals surface area contributed by atoms with Crippen molar-refractivity contribution in [2.75, 3.05) is 24.6 Å². The first-order chi connectivity index (χ1) is 14.8. The highest BCUT2D eigenvalue weighted by Crippen LogP contribution is 2.34. The van der Waals surface area contributed by atoms with E-state index in [0.29, 0.717) is 5.69 Å². The van der Waals surface area contributed by atoms with Gasteiger partial charge < -0.3 is 14.6 Å². The summed E-state index contributed by atoms with van der Waals surface area (Å²) in [6, 6.07) is 7.79. The molecule has 1 aromatic carbocycles.